The lowest BCUT2D eigenvalue weighted by Gasteiger charge is -2.01. The van der Waals surface area contributed by atoms with Gasteiger partial charge in [-0.05, 0) is 11.6 Å². The molecule has 0 aliphatic heterocycles. The average Bonchev–Trinajstić information content (AvgIpc) is 2.77. The second-order valence-electron chi connectivity index (χ2n) is 4.31. The number of carbonyl (C=O) groups excluding carboxylic acids is 1. The SMILES string of the molecule is CC(C)C(=O)c1cnn(Cc2cccnc2)c1. The number of rotatable bonds is 4. The molecule has 0 aromatic carbocycles. The zero-order valence-corrected chi connectivity index (χ0v) is 10.00. The number of pyridine rings is 1. The van der Waals surface area contributed by atoms with Crippen LogP contribution in [0.4, 0.5) is 0 Å². The molecule has 2 heterocycles. The van der Waals surface area contributed by atoms with Crippen LogP contribution in [0.1, 0.15) is 29.8 Å². The average molecular weight is 229 g/mol. The van der Waals surface area contributed by atoms with Gasteiger partial charge in [0, 0.05) is 24.5 Å². The summed E-state index contributed by atoms with van der Waals surface area (Å²) in [6.45, 7) is 4.42. The lowest BCUT2D eigenvalue weighted by atomic mass is 10.1. The van der Waals surface area contributed by atoms with Crippen molar-refractivity contribution in [2.24, 2.45) is 5.92 Å². The summed E-state index contributed by atoms with van der Waals surface area (Å²) in [5.74, 6) is 0.133. The minimum absolute atomic E-state index is 0.00559. The summed E-state index contributed by atoms with van der Waals surface area (Å²) in [5, 5.41) is 4.18. The Balaban J connectivity index is 2.12. The number of carbonyl (C=O) groups is 1. The molecule has 0 N–H and O–H groups in total. The van der Waals surface area contributed by atoms with Gasteiger partial charge in [0.2, 0.25) is 0 Å². The molecule has 0 aliphatic rings. The fourth-order valence-corrected chi connectivity index (χ4v) is 1.59. The highest BCUT2D eigenvalue weighted by Crippen LogP contribution is 2.08. The van der Waals surface area contributed by atoms with Crippen molar-refractivity contribution >= 4 is 5.78 Å². The van der Waals surface area contributed by atoms with Crippen molar-refractivity contribution in [1.29, 1.82) is 0 Å². The first-order chi connectivity index (χ1) is 8.16. The van der Waals surface area contributed by atoms with E-state index < -0.39 is 0 Å². The smallest absolute Gasteiger partial charge is 0.168 e. The van der Waals surface area contributed by atoms with Crippen molar-refractivity contribution in [1.82, 2.24) is 14.8 Å². The Morgan fingerprint density at radius 3 is 2.88 bits per heavy atom. The van der Waals surface area contributed by atoms with E-state index in [1.807, 2.05) is 26.0 Å². The van der Waals surface area contributed by atoms with E-state index in [0.29, 0.717) is 12.1 Å². The van der Waals surface area contributed by atoms with Crippen molar-refractivity contribution < 1.29 is 4.79 Å². The summed E-state index contributed by atoms with van der Waals surface area (Å²) >= 11 is 0. The predicted octanol–water partition coefficient (Wildman–Crippen LogP) is 2.17. The van der Waals surface area contributed by atoms with Gasteiger partial charge in [0.1, 0.15) is 0 Å². The Hall–Kier alpha value is -1.97. The Kier molecular flexibility index (Phi) is 3.32. The highest BCUT2D eigenvalue weighted by Gasteiger charge is 2.12. The number of aromatic nitrogens is 3. The van der Waals surface area contributed by atoms with Crippen LogP contribution in [0.3, 0.4) is 0 Å². The van der Waals surface area contributed by atoms with Crippen LogP contribution in [0, 0.1) is 5.92 Å². The number of Topliss-reactive ketones (excluding diaryl/α,β-unsaturated/α-hetero) is 1. The molecule has 88 valence electrons. The van der Waals surface area contributed by atoms with Crippen molar-refractivity contribution in [3.8, 4) is 0 Å². The van der Waals surface area contributed by atoms with Gasteiger partial charge in [-0.3, -0.25) is 14.5 Å². The van der Waals surface area contributed by atoms with Crippen LogP contribution in [-0.4, -0.2) is 20.5 Å². The Labute approximate surface area is 100 Å². The molecule has 0 unspecified atom stereocenters. The van der Waals surface area contributed by atoms with Crippen LogP contribution >= 0.6 is 0 Å². The van der Waals surface area contributed by atoms with Gasteiger partial charge in [-0.25, -0.2) is 0 Å². The zero-order valence-electron chi connectivity index (χ0n) is 10.00. The normalized spacial score (nSPS) is 10.8. The van der Waals surface area contributed by atoms with Gasteiger partial charge in [-0.15, -0.1) is 0 Å². The molecule has 17 heavy (non-hydrogen) atoms. The summed E-state index contributed by atoms with van der Waals surface area (Å²) in [5.41, 5.74) is 1.74. The molecule has 0 radical (unpaired) electrons. The second-order valence-corrected chi connectivity index (χ2v) is 4.31. The van der Waals surface area contributed by atoms with Gasteiger partial charge in [0.05, 0.1) is 18.3 Å². The Bertz CT molecular complexity index is 502. The molecule has 4 nitrogen and oxygen atoms in total. The van der Waals surface area contributed by atoms with Crippen LogP contribution in [0.2, 0.25) is 0 Å². The van der Waals surface area contributed by atoms with Gasteiger partial charge in [0.15, 0.2) is 5.78 Å². The van der Waals surface area contributed by atoms with E-state index >= 15 is 0 Å². The summed E-state index contributed by atoms with van der Waals surface area (Å²) in [6, 6.07) is 3.87. The summed E-state index contributed by atoms with van der Waals surface area (Å²) in [7, 11) is 0. The fraction of sp³-hybridized carbons (Fsp3) is 0.308. The van der Waals surface area contributed by atoms with Crippen molar-refractivity contribution in [2.75, 3.05) is 0 Å². The summed E-state index contributed by atoms with van der Waals surface area (Å²) in [6.07, 6.45) is 6.94. The van der Waals surface area contributed by atoms with Gasteiger partial charge in [-0.2, -0.15) is 5.10 Å². The molecule has 0 saturated carbocycles. The van der Waals surface area contributed by atoms with Crippen molar-refractivity contribution in [3.63, 3.8) is 0 Å². The van der Waals surface area contributed by atoms with E-state index in [1.54, 1.807) is 29.5 Å². The maximum Gasteiger partial charge on any atom is 0.168 e. The lowest BCUT2D eigenvalue weighted by Crippen LogP contribution is -2.06. The maximum absolute atomic E-state index is 11.7. The van der Waals surface area contributed by atoms with E-state index in [4.69, 9.17) is 0 Å². The zero-order chi connectivity index (χ0) is 12.3. The third kappa shape index (κ3) is 2.78. The van der Waals surface area contributed by atoms with E-state index in [1.165, 1.54) is 0 Å². The maximum atomic E-state index is 11.7. The lowest BCUT2D eigenvalue weighted by molar-refractivity contribution is 0.0939. The Morgan fingerprint density at radius 1 is 1.41 bits per heavy atom. The van der Waals surface area contributed by atoms with Gasteiger partial charge < -0.3 is 0 Å². The molecule has 2 rings (SSSR count). The summed E-state index contributed by atoms with van der Waals surface area (Å²) < 4.78 is 1.76. The second kappa shape index (κ2) is 4.91. The third-order valence-electron chi connectivity index (χ3n) is 2.51. The first kappa shape index (κ1) is 11.5. The first-order valence-electron chi connectivity index (χ1n) is 5.62. The molecule has 2 aromatic heterocycles. The molecular weight excluding hydrogens is 214 g/mol. The van der Waals surface area contributed by atoms with Gasteiger partial charge in [-0.1, -0.05) is 19.9 Å². The van der Waals surface area contributed by atoms with Gasteiger partial charge in [0.25, 0.3) is 0 Å². The fourth-order valence-electron chi connectivity index (χ4n) is 1.59. The van der Waals surface area contributed by atoms with Crippen molar-refractivity contribution in [2.45, 2.75) is 20.4 Å². The number of hydrogen-bond acceptors (Lipinski definition) is 3. The molecule has 0 atom stereocenters. The molecule has 4 heteroatoms. The topological polar surface area (TPSA) is 47.8 Å². The van der Waals surface area contributed by atoms with Crippen LogP contribution in [0.25, 0.3) is 0 Å². The van der Waals surface area contributed by atoms with Gasteiger partial charge >= 0.3 is 0 Å². The van der Waals surface area contributed by atoms with Crippen LogP contribution in [0.15, 0.2) is 36.9 Å². The van der Waals surface area contributed by atoms with Crippen LogP contribution < -0.4 is 0 Å². The minimum atomic E-state index is 0.00559. The summed E-state index contributed by atoms with van der Waals surface area (Å²) in [4.78, 5) is 15.8. The highest BCUT2D eigenvalue weighted by molar-refractivity contribution is 5.96. The quantitative estimate of drug-likeness (QED) is 0.755. The molecule has 0 saturated heterocycles. The predicted molar refractivity (Wildman–Crippen MR) is 64.7 cm³/mol. The minimum Gasteiger partial charge on any atom is -0.294 e. The monoisotopic (exact) mass is 229 g/mol. The molecule has 0 aliphatic carbocycles. The number of nitrogens with zero attached hydrogens (tertiary/aromatic N) is 3. The number of hydrogen-bond donors (Lipinski definition) is 0. The highest BCUT2D eigenvalue weighted by atomic mass is 16.1. The van der Waals surface area contributed by atoms with E-state index in [-0.39, 0.29) is 11.7 Å². The first-order valence-corrected chi connectivity index (χ1v) is 5.62. The standard InChI is InChI=1S/C13H15N3O/c1-10(2)13(17)12-7-15-16(9-12)8-11-4-3-5-14-6-11/h3-7,9-10H,8H2,1-2H3. The molecule has 0 amide bonds. The molecule has 0 spiro atoms. The van der Waals surface area contributed by atoms with E-state index in [2.05, 4.69) is 10.1 Å². The Morgan fingerprint density at radius 2 is 2.24 bits per heavy atom. The largest absolute Gasteiger partial charge is 0.294 e. The van der Waals surface area contributed by atoms with Crippen LogP contribution in [0.5, 0.6) is 0 Å². The van der Waals surface area contributed by atoms with Crippen LogP contribution in [-0.2, 0) is 6.54 Å². The molecular formula is C13H15N3O. The van der Waals surface area contributed by atoms with Crippen molar-refractivity contribution in [3.05, 3.63) is 48.0 Å². The third-order valence-corrected chi connectivity index (χ3v) is 2.51. The molecule has 2 aromatic rings. The van der Waals surface area contributed by atoms with E-state index in [0.717, 1.165) is 5.56 Å². The molecule has 0 fully saturated rings. The number of ketones is 1. The van der Waals surface area contributed by atoms with E-state index in [9.17, 15) is 4.79 Å². The molecule has 0 bridgehead atoms.